The number of aryl methyl sites for hydroxylation is 2. The van der Waals surface area contributed by atoms with Gasteiger partial charge in [0.25, 0.3) is 5.89 Å². The molecule has 1 saturated heterocycles. The summed E-state index contributed by atoms with van der Waals surface area (Å²) in [6, 6.07) is 10.3. The van der Waals surface area contributed by atoms with Crippen LogP contribution < -0.4 is 5.32 Å². The van der Waals surface area contributed by atoms with Crippen molar-refractivity contribution in [2.24, 2.45) is 0 Å². The lowest BCUT2D eigenvalue weighted by Gasteiger charge is -2.19. The summed E-state index contributed by atoms with van der Waals surface area (Å²) in [7, 11) is 0. The number of benzene rings is 1. The number of aromatic nitrogens is 2. The Hall–Kier alpha value is -1.72. The van der Waals surface area contributed by atoms with E-state index < -0.39 is 0 Å². The Morgan fingerprint density at radius 3 is 2.89 bits per heavy atom. The van der Waals surface area contributed by atoms with E-state index in [0.717, 1.165) is 31.8 Å². The highest BCUT2D eigenvalue weighted by molar-refractivity contribution is 5.15. The first kappa shape index (κ1) is 12.3. The van der Waals surface area contributed by atoms with Gasteiger partial charge in [-0.05, 0) is 12.0 Å². The normalized spacial score (nSPS) is 19.5. The van der Waals surface area contributed by atoms with Crippen LogP contribution in [0.4, 0.5) is 0 Å². The second-order valence-corrected chi connectivity index (χ2v) is 4.60. The molecule has 1 aliphatic rings. The van der Waals surface area contributed by atoms with Crippen LogP contribution in [-0.4, -0.2) is 29.8 Å². The fourth-order valence-electron chi connectivity index (χ4n) is 2.12. The number of nitrogens with zero attached hydrogens (tertiary/aromatic N) is 2. The van der Waals surface area contributed by atoms with Crippen molar-refractivity contribution >= 4 is 0 Å². The average Bonchev–Trinajstić information content (AvgIpc) is 2.96. The number of hydrogen-bond acceptors (Lipinski definition) is 5. The van der Waals surface area contributed by atoms with Crippen LogP contribution in [0.1, 0.15) is 23.4 Å². The standard InChI is InChI=1S/C14H17N3O2/c1-2-4-11(5-3-1)6-7-13-16-14(19-17-13)12-10-15-8-9-18-12/h1-5,12,15H,6-10H2/t12-/m1/s1. The summed E-state index contributed by atoms with van der Waals surface area (Å²) in [5.74, 6) is 1.32. The summed E-state index contributed by atoms with van der Waals surface area (Å²) in [6.45, 7) is 2.30. The molecule has 5 nitrogen and oxygen atoms in total. The van der Waals surface area contributed by atoms with Crippen LogP contribution in [0.2, 0.25) is 0 Å². The minimum atomic E-state index is -0.105. The third-order valence-corrected chi connectivity index (χ3v) is 3.17. The van der Waals surface area contributed by atoms with E-state index in [1.54, 1.807) is 0 Å². The second-order valence-electron chi connectivity index (χ2n) is 4.60. The lowest BCUT2D eigenvalue weighted by Crippen LogP contribution is -2.33. The lowest BCUT2D eigenvalue weighted by molar-refractivity contribution is 0.00755. The zero-order chi connectivity index (χ0) is 12.9. The first-order valence-electron chi connectivity index (χ1n) is 6.60. The molecule has 100 valence electrons. The van der Waals surface area contributed by atoms with Crippen LogP contribution in [-0.2, 0) is 17.6 Å². The predicted octanol–water partition coefficient (Wildman–Crippen LogP) is 1.52. The van der Waals surface area contributed by atoms with Gasteiger partial charge in [-0.25, -0.2) is 0 Å². The summed E-state index contributed by atoms with van der Waals surface area (Å²) in [6.07, 6.45) is 1.60. The molecular weight excluding hydrogens is 242 g/mol. The maximum Gasteiger partial charge on any atom is 0.257 e. The molecule has 0 spiro atoms. The van der Waals surface area contributed by atoms with Gasteiger partial charge in [0, 0.05) is 19.5 Å². The van der Waals surface area contributed by atoms with Crippen molar-refractivity contribution in [3.05, 3.63) is 47.6 Å². The van der Waals surface area contributed by atoms with Crippen LogP contribution in [0.25, 0.3) is 0 Å². The molecule has 1 aliphatic heterocycles. The molecule has 19 heavy (non-hydrogen) atoms. The molecule has 0 unspecified atom stereocenters. The summed E-state index contributed by atoms with van der Waals surface area (Å²) >= 11 is 0. The first-order valence-corrected chi connectivity index (χ1v) is 6.60. The highest BCUT2D eigenvalue weighted by atomic mass is 16.5. The van der Waals surface area contributed by atoms with Crippen molar-refractivity contribution in [2.75, 3.05) is 19.7 Å². The number of hydrogen-bond donors (Lipinski definition) is 1. The van der Waals surface area contributed by atoms with E-state index in [1.165, 1.54) is 5.56 Å². The minimum absolute atomic E-state index is 0.105. The summed E-state index contributed by atoms with van der Waals surface area (Å²) < 4.78 is 10.8. The van der Waals surface area contributed by atoms with E-state index in [1.807, 2.05) is 18.2 Å². The Labute approximate surface area is 112 Å². The quantitative estimate of drug-likeness (QED) is 0.902. The Balaban J connectivity index is 1.58. The number of morpholine rings is 1. The van der Waals surface area contributed by atoms with Crippen LogP contribution >= 0.6 is 0 Å². The average molecular weight is 259 g/mol. The highest BCUT2D eigenvalue weighted by Crippen LogP contribution is 2.16. The van der Waals surface area contributed by atoms with Gasteiger partial charge in [0.05, 0.1) is 6.61 Å². The monoisotopic (exact) mass is 259 g/mol. The molecule has 1 N–H and O–H groups in total. The highest BCUT2D eigenvalue weighted by Gasteiger charge is 2.21. The molecule has 3 rings (SSSR count). The van der Waals surface area contributed by atoms with Crippen LogP contribution in [0.15, 0.2) is 34.9 Å². The molecule has 1 fully saturated rings. The van der Waals surface area contributed by atoms with Crippen molar-refractivity contribution < 1.29 is 9.26 Å². The van der Waals surface area contributed by atoms with Crippen molar-refractivity contribution in [2.45, 2.75) is 18.9 Å². The zero-order valence-electron chi connectivity index (χ0n) is 10.7. The molecule has 5 heteroatoms. The third kappa shape index (κ3) is 3.19. The summed E-state index contributed by atoms with van der Waals surface area (Å²) in [4.78, 5) is 4.41. The molecule has 2 heterocycles. The van der Waals surface area contributed by atoms with Crippen molar-refractivity contribution in [3.8, 4) is 0 Å². The maximum absolute atomic E-state index is 5.58. The zero-order valence-corrected chi connectivity index (χ0v) is 10.7. The molecule has 0 bridgehead atoms. The third-order valence-electron chi connectivity index (χ3n) is 3.17. The van der Waals surface area contributed by atoms with Gasteiger partial charge < -0.3 is 14.6 Å². The van der Waals surface area contributed by atoms with Gasteiger partial charge in [-0.1, -0.05) is 35.5 Å². The molecule has 0 radical (unpaired) electrons. The van der Waals surface area contributed by atoms with Crippen molar-refractivity contribution in [1.29, 1.82) is 0 Å². The number of nitrogens with one attached hydrogen (secondary N) is 1. The van der Waals surface area contributed by atoms with Gasteiger partial charge in [-0.15, -0.1) is 0 Å². The Bertz CT molecular complexity index is 506. The van der Waals surface area contributed by atoms with Crippen LogP contribution in [0.3, 0.4) is 0 Å². The number of rotatable bonds is 4. The molecule has 1 aromatic carbocycles. The fraction of sp³-hybridized carbons (Fsp3) is 0.429. The summed E-state index contributed by atoms with van der Waals surface area (Å²) in [5, 5.41) is 7.26. The molecule has 0 amide bonds. The minimum Gasteiger partial charge on any atom is -0.366 e. The Kier molecular flexibility index (Phi) is 3.86. The second kappa shape index (κ2) is 5.95. The SMILES string of the molecule is c1ccc(CCc2noc([C@H]3CNCCO3)n2)cc1. The van der Waals surface area contributed by atoms with E-state index in [9.17, 15) is 0 Å². The van der Waals surface area contributed by atoms with Crippen LogP contribution in [0.5, 0.6) is 0 Å². The van der Waals surface area contributed by atoms with Gasteiger partial charge >= 0.3 is 0 Å². The van der Waals surface area contributed by atoms with Gasteiger partial charge in [0.2, 0.25) is 0 Å². The first-order chi connectivity index (χ1) is 9.42. The maximum atomic E-state index is 5.58. The predicted molar refractivity (Wildman–Crippen MR) is 69.7 cm³/mol. The molecule has 0 saturated carbocycles. The smallest absolute Gasteiger partial charge is 0.257 e. The lowest BCUT2D eigenvalue weighted by atomic mass is 10.1. The Morgan fingerprint density at radius 1 is 1.21 bits per heavy atom. The van der Waals surface area contributed by atoms with Gasteiger partial charge in [-0.3, -0.25) is 0 Å². The number of ether oxygens (including phenoxy) is 1. The van der Waals surface area contributed by atoms with Crippen molar-refractivity contribution in [1.82, 2.24) is 15.5 Å². The van der Waals surface area contributed by atoms with E-state index in [2.05, 4.69) is 27.6 Å². The molecule has 1 atom stereocenters. The largest absolute Gasteiger partial charge is 0.366 e. The van der Waals surface area contributed by atoms with E-state index in [0.29, 0.717) is 12.5 Å². The molecule has 0 aliphatic carbocycles. The van der Waals surface area contributed by atoms with Gasteiger partial charge in [0.1, 0.15) is 6.10 Å². The topological polar surface area (TPSA) is 60.2 Å². The molecule has 1 aromatic heterocycles. The van der Waals surface area contributed by atoms with Crippen LogP contribution in [0, 0.1) is 0 Å². The van der Waals surface area contributed by atoms with Gasteiger partial charge in [-0.2, -0.15) is 4.98 Å². The van der Waals surface area contributed by atoms with Gasteiger partial charge in [0.15, 0.2) is 5.82 Å². The van der Waals surface area contributed by atoms with Crippen molar-refractivity contribution in [3.63, 3.8) is 0 Å². The Morgan fingerprint density at radius 2 is 2.11 bits per heavy atom. The fourth-order valence-corrected chi connectivity index (χ4v) is 2.12. The van der Waals surface area contributed by atoms with E-state index in [4.69, 9.17) is 9.26 Å². The summed E-state index contributed by atoms with van der Waals surface area (Å²) in [5.41, 5.74) is 1.28. The molecular formula is C14H17N3O2. The van der Waals surface area contributed by atoms with E-state index >= 15 is 0 Å². The molecule has 2 aromatic rings. The van der Waals surface area contributed by atoms with E-state index in [-0.39, 0.29) is 6.10 Å².